The number of hydrogen-bond acceptors (Lipinski definition) is 3. The Balaban J connectivity index is 1.38. The van der Waals surface area contributed by atoms with Crippen molar-refractivity contribution >= 4 is 23.4 Å². The lowest BCUT2D eigenvalue weighted by Gasteiger charge is -2.20. The molecule has 6 heteroatoms. The minimum Gasteiger partial charge on any atom is -0.352 e. The second kappa shape index (κ2) is 8.83. The van der Waals surface area contributed by atoms with Crippen LogP contribution in [0.3, 0.4) is 0 Å². The lowest BCUT2D eigenvalue weighted by atomic mass is 10.2. The monoisotopic (exact) mass is 357 g/mol. The molecule has 0 atom stereocenters. The van der Waals surface area contributed by atoms with E-state index in [0.29, 0.717) is 25.1 Å². The van der Waals surface area contributed by atoms with Crippen LogP contribution in [-0.2, 0) is 9.59 Å². The van der Waals surface area contributed by atoms with Crippen molar-refractivity contribution in [2.75, 3.05) is 25.0 Å². The van der Waals surface area contributed by atoms with Crippen molar-refractivity contribution in [1.29, 1.82) is 0 Å². The predicted molar refractivity (Wildman–Crippen MR) is 99.8 cm³/mol. The Hall–Kier alpha value is -2.37. The van der Waals surface area contributed by atoms with E-state index in [4.69, 9.17) is 0 Å². The molecule has 2 fully saturated rings. The fourth-order valence-electron chi connectivity index (χ4n) is 3.14. The van der Waals surface area contributed by atoms with E-state index in [9.17, 15) is 14.4 Å². The van der Waals surface area contributed by atoms with E-state index in [1.165, 1.54) is 0 Å². The summed E-state index contributed by atoms with van der Waals surface area (Å²) in [5.41, 5.74) is 1.29. The summed E-state index contributed by atoms with van der Waals surface area (Å²) >= 11 is 0. The van der Waals surface area contributed by atoms with Crippen molar-refractivity contribution in [1.82, 2.24) is 10.2 Å². The molecule has 2 aliphatic rings. The van der Waals surface area contributed by atoms with Crippen LogP contribution in [0.15, 0.2) is 24.3 Å². The zero-order valence-electron chi connectivity index (χ0n) is 15.1. The van der Waals surface area contributed by atoms with E-state index < -0.39 is 0 Å². The molecule has 1 heterocycles. The Kier molecular flexibility index (Phi) is 6.26. The lowest BCUT2D eigenvalue weighted by molar-refractivity contribution is -0.130. The van der Waals surface area contributed by atoms with Gasteiger partial charge in [-0.15, -0.1) is 0 Å². The van der Waals surface area contributed by atoms with Gasteiger partial charge >= 0.3 is 0 Å². The second-order valence-electron chi connectivity index (χ2n) is 7.14. The molecule has 0 radical (unpaired) electrons. The lowest BCUT2D eigenvalue weighted by Crippen LogP contribution is -2.34. The molecule has 6 nitrogen and oxygen atoms in total. The van der Waals surface area contributed by atoms with Gasteiger partial charge in [-0.1, -0.05) is 6.42 Å². The Labute approximate surface area is 154 Å². The summed E-state index contributed by atoms with van der Waals surface area (Å²) in [6, 6.07) is 6.95. The molecular formula is C20H27N3O3. The van der Waals surface area contributed by atoms with E-state index in [-0.39, 0.29) is 23.6 Å². The number of anilines is 1. The predicted octanol–water partition coefficient (Wildman–Crippen LogP) is 2.56. The first kappa shape index (κ1) is 18.4. The highest BCUT2D eigenvalue weighted by atomic mass is 16.2. The number of nitrogens with one attached hydrogen (secondary N) is 2. The minimum absolute atomic E-state index is 0.0604. The largest absolute Gasteiger partial charge is 0.352 e. The molecule has 0 bridgehead atoms. The van der Waals surface area contributed by atoms with Crippen molar-refractivity contribution in [3.05, 3.63) is 29.8 Å². The van der Waals surface area contributed by atoms with Crippen LogP contribution >= 0.6 is 0 Å². The molecule has 2 N–H and O–H groups in total. The van der Waals surface area contributed by atoms with E-state index in [1.54, 1.807) is 24.3 Å². The third-order valence-corrected chi connectivity index (χ3v) is 4.92. The normalized spacial score (nSPS) is 17.5. The van der Waals surface area contributed by atoms with Gasteiger partial charge in [0.05, 0.1) is 0 Å². The van der Waals surface area contributed by atoms with Crippen molar-refractivity contribution in [2.45, 2.75) is 44.9 Å². The van der Waals surface area contributed by atoms with Gasteiger partial charge < -0.3 is 15.5 Å². The molecule has 3 amide bonds. The second-order valence-corrected chi connectivity index (χ2v) is 7.14. The van der Waals surface area contributed by atoms with Crippen LogP contribution in [0.5, 0.6) is 0 Å². The van der Waals surface area contributed by atoms with Crippen LogP contribution in [0.1, 0.15) is 55.3 Å². The molecule has 0 aromatic heterocycles. The molecule has 1 saturated heterocycles. The number of nitrogens with zero attached hydrogens (tertiary/aromatic N) is 1. The van der Waals surface area contributed by atoms with Crippen molar-refractivity contribution in [2.24, 2.45) is 5.92 Å². The van der Waals surface area contributed by atoms with E-state index in [1.807, 2.05) is 4.90 Å². The van der Waals surface area contributed by atoms with Crippen LogP contribution in [0.2, 0.25) is 0 Å². The summed E-state index contributed by atoms with van der Waals surface area (Å²) in [5, 5.41) is 5.75. The number of hydrogen-bond donors (Lipinski definition) is 2. The highest BCUT2D eigenvalue weighted by molar-refractivity contribution is 5.96. The van der Waals surface area contributed by atoms with Gasteiger partial charge in [-0.25, -0.2) is 0 Å². The smallest absolute Gasteiger partial charge is 0.251 e. The minimum atomic E-state index is -0.132. The summed E-state index contributed by atoms with van der Waals surface area (Å²) in [6.45, 7) is 2.08. The van der Waals surface area contributed by atoms with Crippen molar-refractivity contribution < 1.29 is 14.4 Å². The van der Waals surface area contributed by atoms with Gasteiger partial charge in [0.2, 0.25) is 11.8 Å². The van der Waals surface area contributed by atoms with Gasteiger partial charge in [-0.2, -0.15) is 0 Å². The standard InChI is InChI=1S/C20H27N3O3/c24-18-5-2-1-3-13-23(18)14-4-12-21-19(25)15-8-10-17(11-9-15)22-20(26)16-6-7-16/h8-11,16H,1-7,12-14H2,(H,21,25)(H,22,26). The average molecular weight is 357 g/mol. The van der Waals surface area contributed by atoms with Crippen LogP contribution in [0.25, 0.3) is 0 Å². The van der Waals surface area contributed by atoms with Crippen molar-refractivity contribution in [3.8, 4) is 0 Å². The van der Waals surface area contributed by atoms with Crippen molar-refractivity contribution in [3.63, 3.8) is 0 Å². The van der Waals surface area contributed by atoms with Crippen LogP contribution in [0.4, 0.5) is 5.69 Å². The number of benzene rings is 1. The Morgan fingerprint density at radius 1 is 1.08 bits per heavy atom. The van der Waals surface area contributed by atoms with Crippen LogP contribution in [-0.4, -0.2) is 42.3 Å². The van der Waals surface area contributed by atoms with Gasteiger partial charge in [0.1, 0.15) is 0 Å². The maximum absolute atomic E-state index is 12.2. The number of carbonyl (C=O) groups is 3. The van der Waals surface area contributed by atoms with Crippen LogP contribution in [0, 0.1) is 5.92 Å². The molecule has 0 spiro atoms. The first-order valence-electron chi connectivity index (χ1n) is 9.60. The topological polar surface area (TPSA) is 78.5 Å². The zero-order valence-corrected chi connectivity index (χ0v) is 15.1. The zero-order chi connectivity index (χ0) is 18.4. The quantitative estimate of drug-likeness (QED) is 0.736. The van der Waals surface area contributed by atoms with Gasteiger partial charge in [0, 0.05) is 43.2 Å². The fourth-order valence-corrected chi connectivity index (χ4v) is 3.14. The molecule has 1 aromatic carbocycles. The Bertz CT molecular complexity index is 653. The maximum Gasteiger partial charge on any atom is 0.251 e. The number of amides is 3. The summed E-state index contributed by atoms with van der Waals surface area (Å²) in [4.78, 5) is 37.8. The molecule has 0 unspecified atom stereocenters. The molecule has 1 saturated carbocycles. The molecule has 26 heavy (non-hydrogen) atoms. The Morgan fingerprint density at radius 3 is 2.58 bits per heavy atom. The first-order chi connectivity index (χ1) is 12.6. The molecule has 1 aliphatic carbocycles. The molecule has 3 rings (SSSR count). The van der Waals surface area contributed by atoms with Gasteiger partial charge in [-0.05, 0) is 56.4 Å². The molecule has 1 aliphatic heterocycles. The van der Waals surface area contributed by atoms with E-state index >= 15 is 0 Å². The average Bonchev–Trinajstić information content (AvgIpc) is 3.48. The summed E-state index contributed by atoms with van der Waals surface area (Å²) < 4.78 is 0. The van der Waals surface area contributed by atoms with E-state index in [2.05, 4.69) is 10.6 Å². The molecule has 140 valence electrons. The highest BCUT2D eigenvalue weighted by Gasteiger charge is 2.29. The molecule has 1 aromatic rings. The SMILES string of the molecule is O=C(NCCCN1CCCCCC1=O)c1ccc(NC(=O)C2CC2)cc1. The summed E-state index contributed by atoms with van der Waals surface area (Å²) in [6.07, 6.45) is 6.52. The maximum atomic E-state index is 12.2. The number of likely N-dealkylation sites (tertiary alicyclic amines) is 1. The number of rotatable bonds is 7. The van der Waals surface area contributed by atoms with E-state index in [0.717, 1.165) is 50.8 Å². The number of carbonyl (C=O) groups excluding carboxylic acids is 3. The molecular weight excluding hydrogens is 330 g/mol. The van der Waals surface area contributed by atoms with Gasteiger partial charge in [0.25, 0.3) is 5.91 Å². The fraction of sp³-hybridized carbons (Fsp3) is 0.550. The van der Waals surface area contributed by atoms with Gasteiger partial charge in [0.15, 0.2) is 0 Å². The van der Waals surface area contributed by atoms with Gasteiger partial charge in [-0.3, -0.25) is 14.4 Å². The van der Waals surface area contributed by atoms with Crippen LogP contribution < -0.4 is 10.6 Å². The third-order valence-electron chi connectivity index (χ3n) is 4.92. The highest BCUT2D eigenvalue weighted by Crippen LogP contribution is 2.30. The summed E-state index contributed by atoms with van der Waals surface area (Å²) in [7, 11) is 0. The Morgan fingerprint density at radius 2 is 1.85 bits per heavy atom. The first-order valence-corrected chi connectivity index (χ1v) is 9.60. The third kappa shape index (κ3) is 5.31. The summed E-state index contributed by atoms with van der Waals surface area (Å²) in [5.74, 6) is 0.323.